The minimum absolute atomic E-state index is 0.280. The largest absolute Gasteiger partial charge is 0.379 e. The van der Waals surface area contributed by atoms with Crippen LogP contribution < -0.4 is 0 Å². The molecule has 0 spiro atoms. The van der Waals surface area contributed by atoms with Gasteiger partial charge < -0.3 is 4.74 Å². The number of piperidine rings is 1. The van der Waals surface area contributed by atoms with Gasteiger partial charge in [-0.15, -0.1) is 0 Å². The average Bonchev–Trinajstić information content (AvgIpc) is 2.68. The number of rotatable bonds is 3. The maximum absolute atomic E-state index is 12.7. The first-order valence-corrected chi connectivity index (χ1v) is 10.1. The van der Waals surface area contributed by atoms with Crippen LogP contribution in [0.1, 0.15) is 24.5 Å². The van der Waals surface area contributed by atoms with Gasteiger partial charge in [-0.3, -0.25) is 0 Å². The van der Waals surface area contributed by atoms with E-state index in [9.17, 15) is 8.42 Å². The van der Waals surface area contributed by atoms with Gasteiger partial charge in [0.1, 0.15) is 0 Å². The third kappa shape index (κ3) is 3.39. The Balaban J connectivity index is 1.45. The average molecular weight is 362 g/mol. The highest BCUT2D eigenvalue weighted by Gasteiger charge is 2.34. The Labute approximate surface area is 147 Å². The second-order valence-electron chi connectivity index (χ2n) is 6.48. The Morgan fingerprint density at radius 1 is 1.00 bits per heavy atom. The van der Waals surface area contributed by atoms with Crippen molar-refractivity contribution in [3.8, 4) is 0 Å². The molecule has 0 atom stereocenters. The van der Waals surface area contributed by atoms with Crippen LogP contribution in [0.25, 0.3) is 11.0 Å². The van der Waals surface area contributed by atoms with Crippen LogP contribution >= 0.6 is 0 Å². The highest BCUT2D eigenvalue weighted by molar-refractivity contribution is 7.86. The molecule has 4 heterocycles. The fourth-order valence-electron chi connectivity index (χ4n) is 3.52. The molecule has 2 saturated heterocycles. The van der Waals surface area contributed by atoms with Crippen LogP contribution in [0.5, 0.6) is 0 Å². The minimum Gasteiger partial charge on any atom is -0.379 e. The van der Waals surface area contributed by atoms with Crippen LogP contribution in [0.2, 0.25) is 0 Å². The van der Waals surface area contributed by atoms with E-state index in [-0.39, 0.29) is 5.92 Å². The first kappa shape index (κ1) is 16.8. The summed E-state index contributed by atoms with van der Waals surface area (Å²) in [4.78, 5) is 8.99. The SMILES string of the molecule is O=S(=O)(N1CCOCC1)N1CCC(c2ccc3cccnc3n2)CC1. The van der Waals surface area contributed by atoms with Crippen LogP contribution in [0, 0.1) is 0 Å². The molecule has 0 unspecified atom stereocenters. The van der Waals surface area contributed by atoms with Gasteiger partial charge in [0.15, 0.2) is 5.65 Å². The summed E-state index contributed by atoms with van der Waals surface area (Å²) in [7, 11) is -3.37. The molecular weight excluding hydrogens is 340 g/mol. The third-order valence-corrected chi connectivity index (χ3v) is 7.02. The number of hydrogen-bond acceptors (Lipinski definition) is 5. The maximum atomic E-state index is 12.7. The molecule has 2 aromatic heterocycles. The van der Waals surface area contributed by atoms with E-state index >= 15 is 0 Å². The van der Waals surface area contributed by atoms with E-state index in [0.29, 0.717) is 39.4 Å². The van der Waals surface area contributed by atoms with Gasteiger partial charge in [0.2, 0.25) is 0 Å². The molecule has 0 aromatic carbocycles. The molecule has 0 saturated carbocycles. The molecule has 8 heteroatoms. The molecule has 2 aliphatic rings. The van der Waals surface area contributed by atoms with Crippen LogP contribution in [-0.2, 0) is 14.9 Å². The second-order valence-corrected chi connectivity index (χ2v) is 8.41. The molecule has 2 fully saturated rings. The number of aromatic nitrogens is 2. The van der Waals surface area contributed by atoms with Crippen molar-refractivity contribution in [3.63, 3.8) is 0 Å². The number of hydrogen-bond donors (Lipinski definition) is 0. The summed E-state index contributed by atoms with van der Waals surface area (Å²) in [5, 5.41) is 1.03. The van der Waals surface area contributed by atoms with Crippen molar-refractivity contribution in [2.75, 3.05) is 39.4 Å². The van der Waals surface area contributed by atoms with Crippen molar-refractivity contribution in [1.29, 1.82) is 0 Å². The normalized spacial score (nSPS) is 21.6. The topological polar surface area (TPSA) is 75.6 Å². The van der Waals surface area contributed by atoms with Gasteiger partial charge in [-0.25, -0.2) is 9.97 Å². The summed E-state index contributed by atoms with van der Waals surface area (Å²) in [6.45, 7) is 2.91. The first-order valence-electron chi connectivity index (χ1n) is 8.69. The van der Waals surface area contributed by atoms with Gasteiger partial charge >= 0.3 is 0 Å². The monoisotopic (exact) mass is 362 g/mol. The van der Waals surface area contributed by atoms with E-state index in [1.807, 2.05) is 24.3 Å². The Morgan fingerprint density at radius 3 is 2.48 bits per heavy atom. The number of morpholine rings is 1. The second kappa shape index (κ2) is 6.95. The lowest BCUT2D eigenvalue weighted by molar-refractivity contribution is 0.0696. The van der Waals surface area contributed by atoms with Crippen molar-refractivity contribution >= 4 is 21.2 Å². The van der Waals surface area contributed by atoms with Gasteiger partial charge in [-0.05, 0) is 37.1 Å². The third-order valence-electron chi connectivity index (χ3n) is 4.98. The predicted octanol–water partition coefficient (Wildman–Crippen LogP) is 1.39. The maximum Gasteiger partial charge on any atom is 0.282 e. The van der Waals surface area contributed by atoms with Gasteiger partial charge in [0.05, 0.1) is 13.2 Å². The first-order chi connectivity index (χ1) is 12.1. The van der Waals surface area contributed by atoms with E-state index in [2.05, 4.69) is 9.97 Å². The molecule has 0 N–H and O–H groups in total. The zero-order valence-electron chi connectivity index (χ0n) is 14.0. The zero-order chi connectivity index (χ0) is 17.3. The van der Waals surface area contributed by atoms with Crippen molar-refractivity contribution in [3.05, 3.63) is 36.2 Å². The number of nitrogens with zero attached hydrogens (tertiary/aromatic N) is 4. The zero-order valence-corrected chi connectivity index (χ0v) is 14.9. The van der Waals surface area contributed by atoms with E-state index in [0.717, 1.165) is 29.6 Å². The van der Waals surface area contributed by atoms with Crippen LogP contribution in [0.4, 0.5) is 0 Å². The highest BCUT2D eigenvalue weighted by atomic mass is 32.2. The Hall–Kier alpha value is -1.61. The van der Waals surface area contributed by atoms with Crippen LogP contribution in [-0.4, -0.2) is 66.4 Å². The Kier molecular flexibility index (Phi) is 4.68. The molecule has 134 valence electrons. The minimum atomic E-state index is -3.37. The van der Waals surface area contributed by atoms with E-state index < -0.39 is 10.2 Å². The Bertz CT molecular complexity index is 844. The van der Waals surface area contributed by atoms with Crippen molar-refractivity contribution in [2.24, 2.45) is 0 Å². The van der Waals surface area contributed by atoms with E-state index in [1.54, 1.807) is 10.5 Å². The molecule has 0 amide bonds. The van der Waals surface area contributed by atoms with E-state index in [1.165, 1.54) is 4.31 Å². The lowest BCUT2D eigenvalue weighted by Crippen LogP contribution is -2.50. The number of ether oxygens (including phenoxy) is 1. The molecular formula is C17H22N4O3S. The molecule has 0 radical (unpaired) electrons. The van der Waals surface area contributed by atoms with Gasteiger partial charge in [-0.1, -0.05) is 0 Å². The predicted molar refractivity (Wildman–Crippen MR) is 94.4 cm³/mol. The van der Waals surface area contributed by atoms with Gasteiger partial charge in [0, 0.05) is 49.4 Å². The quantitative estimate of drug-likeness (QED) is 0.825. The van der Waals surface area contributed by atoms with Crippen molar-refractivity contribution < 1.29 is 13.2 Å². The summed E-state index contributed by atoms with van der Waals surface area (Å²) >= 11 is 0. The fraction of sp³-hybridized carbons (Fsp3) is 0.529. The molecule has 2 aliphatic heterocycles. The molecule has 4 rings (SSSR count). The summed E-state index contributed by atoms with van der Waals surface area (Å²) in [6, 6.07) is 7.98. The summed E-state index contributed by atoms with van der Waals surface area (Å²) in [5.41, 5.74) is 1.76. The summed E-state index contributed by atoms with van der Waals surface area (Å²) in [5.74, 6) is 0.280. The van der Waals surface area contributed by atoms with Crippen molar-refractivity contribution in [2.45, 2.75) is 18.8 Å². The molecule has 2 aromatic rings. The van der Waals surface area contributed by atoms with Gasteiger partial charge in [0.25, 0.3) is 10.2 Å². The Morgan fingerprint density at radius 2 is 1.72 bits per heavy atom. The summed E-state index contributed by atoms with van der Waals surface area (Å²) in [6.07, 6.45) is 3.32. The molecule has 25 heavy (non-hydrogen) atoms. The molecule has 0 bridgehead atoms. The van der Waals surface area contributed by atoms with E-state index in [4.69, 9.17) is 4.74 Å². The standard InChI is InChI=1S/C17H22N4O3S/c22-25(23,21-10-12-24-13-11-21)20-8-5-14(6-9-20)16-4-3-15-2-1-7-18-17(15)19-16/h1-4,7,14H,5-6,8-13H2. The highest BCUT2D eigenvalue weighted by Crippen LogP contribution is 2.29. The number of pyridine rings is 2. The van der Waals surface area contributed by atoms with Crippen molar-refractivity contribution in [1.82, 2.24) is 18.6 Å². The van der Waals surface area contributed by atoms with Gasteiger partial charge in [-0.2, -0.15) is 17.0 Å². The molecule has 0 aliphatic carbocycles. The lowest BCUT2D eigenvalue weighted by Gasteiger charge is -2.36. The lowest BCUT2D eigenvalue weighted by atomic mass is 9.94. The fourth-order valence-corrected chi connectivity index (χ4v) is 5.13. The van der Waals surface area contributed by atoms with Crippen LogP contribution in [0.15, 0.2) is 30.5 Å². The summed E-state index contributed by atoms with van der Waals surface area (Å²) < 4.78 is 33.9. The smallest absolute Gasteiger partial charge is 0.282 e. The molecule has 7 nitrogen and oxygen atoms in total. The van der Waals surface area contributed by atoms with Crippen LogP contribution in [0.3, 0.4) is 0 Å². The number of fused-ring (bicyclic) bond motifs is 1.